The van der Waals surface area contributed by atoms with Crippen molar-refractivity contribution in [2.75, 3.05) is 19.9 Å². The van der Waals surface area contributed by atoms with Crippen molar-refractivity contribution >= 4 is 17.5 Å². The highest BCUT2D eigenvalue weighted by atomic mass is 19.1. The quantitative estimate of drug-likeness (QED) is 0.316. The minimum atomic E-state index is -1.36. The first kappa shape index (κ1) is 27.6. The lowest BCUT2D eigenvalue weighted by molar-refractivity contribution is -0.203. The molecule has 0 spiro atoms. The van der Waals surface area contributed by atoms with Gasteiger partial charge in [-0.3, -0.25) is 14.4 Å². The van der Waals surface area contributed by atoms with Gasteiger partial charge in [-0.1, -0.05) is 33.3 Å². The molecule has 1 heterocycles. The fourth-order valence-electron chi connectivity index (χ4n) is 8.47. The summed E-state index contributed by atoms with van der Waals surface area (Å²) in [5, 5.41) is 14.2. The van der Waals surface area contributed by atoms with Gasteiger partial charge in [0.05, 0.1) is 18.8 Å². The Balaban J connectivity index is 1.47. The molecular weight excluding hydrogens is 495 g/mol. The molecule has 4 N–H and O–H groups in total. The Morgan fingerprint density at radius 2 is 2.08 bits per heavy atom. The zero-order valence-corrected chi connectivity index (χ0v) is 22.3. The van der Waals surface area contributed by atoms with Crippen LogP contribution in [0.5, 0.6) is 0 Å². The van der Waals surface area contributed by atoms with Gasteiger partial charge in [-0.05, 0) is 55.2 Å². The van der Waals surface area contributed by atoms with E-state index < -0.39 is 47.0 Å². The third kappa shape index (κ3) is 3.94. The number of aliphatic hydroxyl groups is 1. The van der Waals surface area contributed by atoms with Crippen molar-refractivity contribution in [2.24, 2.45) is 34.3 Å². The van der Waals surface area contributed by atoms with Gasteiger partial charge < -0.3 is 30.4 Å². The molecular formula is C28H39FN2O7. The molecule has 4 fully saturated rings. The van der Waals surface area contributed by atoms with Gasteiger partial charge in [0.1, 0.15) is 19.5 Å². The Labute approximate surface area is 222 Å². The molecule has 0 aromatic rings. The van der Waals surface area contributed by atoms with Crippen LogP contribution in [0.3, 0.4) is 0 Å². The second-order valence-corrected chi connectivity index (χ2v) is 12.0. The zero-order valence-electron chi connectivity index (χ0n) is 22.3. The summed E-state index contributed by atoms with van der Waals surface area (Å²) in [6.45, 7) is 5.21. The van der Waals surface area contributed by atoms with Crippen molar-refractivity contribution in [3.63, 3.8) is 0 Å². The lowest BCUT2D eigenvalue weighted by atomic mass is 9.46. The summed E-state index contributed by atoms with van der Waals surface area (Å²) in [5.74, 6) is -1.63. The van der Waals surface area contributed by atoms with Crippen LogP contribution < -0.4 is 11.1 Å². The summed E-state index contributed by atoms with van der Waals surface area (Å²) in [6, 6.07) is 0. The Morgan fingerprint density at radius 1 is 1.32 bits per heavy atom. The number of hydrogen-bond acceptors (Lipinski definition) is 8. The van der Waals surface area contributed by atoms with Crippen LogP contribution in [0.1, 0.15) is 52.9 Å². The number of rotatable bonds is 8. The van der Waals surface area contributed by atoms with E-state index >= 15 is 4.39 Å². The van der Waals surface area contributed by atoms with Crippen LogP contribution in [0.4, 0.5) is 4.39 Å². The summed E-state index contributed by atoms with van der Waals surface area (Å²) in [4.78, 5) is 37.5. The number of carbonyl (C=O) groups is 3. The number of hydrogen-bond donors (Lipinski definition) is 3. The topological polar surface area (TPSA) is 137 Å². The average molecular weight is 535 g/mol. The highest BCUT2D eigenvalue weighted by Gasteiger charge is 2.76. The summed E-state index contributed by atoms with van der Waals surface area (Å²) < 4.78 is 34.0. The maximum atomic E-state index is 15.7. The molecule has 4 aliphatic carbocycles. The highest BCUT2D eigenvalue weighted by molar-refractivity contribution is 6.01. The minimum Gasteiger partial charge on any atom is -0.393 e. The van der Waals surface area contributed by atoms with Crippen molar-refractivity contribution in [3.05, 3.63) is 23.8 Å². The van der Waals surface area contributed by atoms with E-state index in [9.17, 15) is 19.5 Å². The van der Waals surface area contributed by atoms with Crippen molar-refractivity contribution in [1.29, 1.82) is 0 Å². The van der Waals surface area contributed by atoms with Gasteiger partial charge in [0.25, 0.3) is 0 Å². The van der Waals surface area contributed by atoms with Gasteiger partial charge >= 0.3 is 0 Å². The molecule has 210 valence electrons. The summed E-state index contributed by atoms with van der Waals surface area (Å²) in [6.07, 6.45) is 3.70. The van der Waals surface area contributed by atoms with Crippen molar-refractivity contribution < 1.29 is 38.1 Å². The van der Waals surface area contributed by atoms with Crippen molar-refractivity contribution in [2.45, 2.75) is 83.1 Å². The van der Waals surface area contributed by atoms with Crippen LogP contribution >= 0.6 is 0 Å². The monoisotopic (exact) mass is 534 g/mol. The number of fused-ring (bicyclic) bond motifs is 7. The number of ketones is 2. The summed E-state index contributed by atoms with van der Waals surface area (Å²) >= 11 is 0. The van der Waals surface area contributed by atoms with Crippen LogP contribution in [0.25, 0.3) is 0 Å². The van der Waals surface area contributed by atoms with E-state index in [4.69, 9.17) is 19.9 Å². The van der Waals surface area contributed by atoms with E-state index in [1.165, 1.54) is 12.2 Å². The van der Waals surface area contributed by atoms with Gasteiger partial charge in [0.15, 0.2) is 23.5 Å². The fraction of sp³-hybridized carbons (Fsp3) is 0.750. The molecule has 0 aromatic carbocycles. The second kappa shape index (κ2) is 9.89. The van der Waals surface area contributed by atoms with Gasteiger partial charge in [-0.15, -0.1) is 0 Å². The first-order valence-electron chi connectivity index (χ1n) is 13.7. The van der Waals surface area contributed by atoms with Crippen molar-refractivity contribution in [1.82, 2.24) is 5.32 Å². The number of ether oxygens (including phenoxy) is 3. The fourth-order valence-corrected chi connectivity index (χ4v) is 8.47. The molecule has 0 aromatic heterocycles. The molecule has 38 heavy (non-hydrogen) atoms. The predicted molar refractivity (Wildman–Crippen MR) is 134 cm³/mol. The largest absolute Gasteiger partial charge is 0.393 e. The number of amides is 1. The molecule has 10 atom stereocenters. The molecule has 1 amide bonds. The van der Waals surface area contributed by atoms with E-state index in [-0.39, 0.29) is 62.0 Å². The molecule has 5 aliphatic rings. The first-order chi connectivity index (χ1) is 18.0. The Bertz CT molecular complexity index is 1060. The first-order valence-corrected chi connectivity index (χ1v) is 13.7. The van der Waals surface area contributed by atoms with Crippen molar-refractivity contribution in [3.8, 4) is 0 Å². The van der Waals surface area contributed by atoms with E-state index in [0.29, 0.717) is 18.4 Å². The Hall–Kier alpha value is -1.98. The van der Waals surface area contributed by atoms with Crippen LogP contribution in [-0.2, 0) is 28.6 Å². The standard InChI is InChI=1S/C28H39FN2O7/c1-4-5-24-37-22-10-17-16-9-19(29)18-8-15(32)6-7-26(18,2)25(16)20(33)11-27(17,3)28(22,38-24)21(34)13-36-14-31-23(35)12-30/h6-8,16-17,19-20,22,24-25,33H,4-5,9-14,30H2,1-3H3,(H,31,35)/t16-,17?,19-,20-,22+,24?,25?,26-,27-,28+/m0/s1. The number of halogens is 1. The normalized spacial score (nSPS) is 45.1. The number of nitrogens with two attached hydrogens (primary N) is 1. The smallest absolute Gasteiger partial charge is 0.235 e. The highest BCUT2D eigenvalue weighted by Crippen LogP contribution is 2.70. The second-order valence-electron chi connectivity index (χ2n) is 12.0. The zero-order chi connectivity index (χ0) is 27.5. The number of allylic oxidation sites excluding steroid dienone is 4. The molecule has 5 rings (SSSR count). The lowest BCUT2D eigenvalue weighted by Gasteiger charge is -2.60. The summed E-state index contributed by atoms with van der Waals surface area (Å²) in [5.41, 5.74) is 2.76. The molecule has 0 bridgehead atoms. The van der Waals surface area contributed by atoms with E-state index in [2.05, 4.69) is 5.32 Å². The molecule has 3 unspecified atom stereocenters. The third-order valence-electron chi connectivity index (χ3n) is 10.00. The SMILES string of the molecule is CCCC1O[C@@H]2CC3[C@@H]4C[C@H](F)C5=CC(=O)C=C[C@]5(C)C4[C@@H](O)C[C@]3(C)[C@]2(C(=O)COCNC(=O)CN)O1. The maximum Gasteiger partial charge on any atom is 0.235 e. The average Bonchev–Trinajstić information content (AvgIpc) is 3.35. The van der Waals surface area contributed by atoms with Crippen LogP contribution in [-0.4, -0.2) is 72.7 Å². The van der Waals surface area contributed by atoms with Gasteiger partial charge in [0.2, 0.25) is 5.91 Å². The van der Waals surface area contributed by atoms with Crippen LogP contribution in [0.15, 0.2) is 23.8 Å². The Morgan fingerprint density at radius 3 is 2.79 bits per heavy atom. The minimum absolute atomic E-state index is 0.146. The number of carbonyl (C=O) groups excluding carboxylic acids is 3. The summed E-state index contributed by atoms with van der Waals surface area (Å²) in [7, 11) is 0. The molecule has 1 saturated heterocycles. The third-order valence-corrected chi connectivity index (χ3v) is 10.00. The number of alkyl halides is 1. The van der Waals surface area contributed by atoms with Gasteiger partial charge in [-0.25, -0.2) is 4.39 Å². The Kier molecular flexibility index (Phi) is 7.18. The predicted octanol–water partition coefficient (Wildman–Crippen LogP) is 1.72. The van der Waals surface area contributed by atoms with E-state index in [1.54, 1.807) is 6.08 Å². The molecule has 10 heteroatoms. The van der Waals surface area contributed by atoms with Gasteiger partial charge in [-0.2, -0.15) is 0 Å². The number of Topliss-reactive ketones (excluding diaryl/α,β-unsaturated/α-hetero) is 1. The number of aliphatic hydroxyl groups excluding tert-OH is 1. The molecule has 1 aliphatic heterocycles. The van der Waals surface area contributed by atoms with E-state index in [1.807, 2.05) is 20.8 Å². The van der Waals surface area contributed by atoms with E-state index in [0.717, 1.165) is 6.42 Å². The van der Waals surface area contributed by atoms with Gasteiger partial charge in [0, 0.05) is 16.7 Å². The maximum absolute atomic E-state index is 15.7. The van der Waals surface area contributed by atoms with Crippen LogP contribution in [0, 0.1) is 28.6 Å². The molecule has 9 nitrogen and oxygen atoms in total. The number of nitrogens with one attached hydrogen (secondary N) is 1. The molecule has 0 radical (unpaired) electrons. The lowest BCUT2D eigenvalue weighted by Crippen LogP contribution is -2.64. The molecule has 3 saturated carbocycles. The van der Waals surface area contributed by atoms with Crippen LogP contribution in [0.2, 0.25) is 0 Å².